The van der Waals surface area contributed by atoms with Gasteiger partial charge in [0.15, 0.2) is 0 Å². The molecule has 1 aromatic heterocycles. The Labute approximate surface area is 193 Å². The fraction of sp³-hybridized carbons (Fsp3) is 0.357. The average molecular weight is 443 g/mol. The molecule has 3 heterocycles. The van der Waals surface area contributed by atoms with Gasteiger partial charge in [-0.15, -0.1) is 0 Å². The Morgan fingerprint density at radius 3 is 2.58 bits per heavy atom. The number of para-hydroxylation sites is 1. The Morgan fingerprint density at radius 1 is 1.03 bits per heavy atom. The Hall–Kier alpha value is -2.86. The first-order chi connectivity index (χ1) is 16.0. The molecule has 6 rings (SSSR count). The number of aromatic nitrogens is 1. The monoisotopic (exact) mass is 442 g/mol. The first kappa shape index (κ1) is 20.7. The van der Waals surface area contributed by atoms with Crippen LogP contribution in [0, 0.1) is 6.92 Å². The molecule has 1 saturated heterocycles. The Balaban J connectivity index is 1.19. The van der Waals surface area contributed by atoms with Crippen LogP contribution in [-0.2, 0) is 0 Å². The SMILES string of the molecule is Cc1[nH]c2ccccc2c1[C@@H](O)CN1CCC2(CC1)C[C@@H](O)c1ccc3ccccc3c1O2. The third-order valence-corrected chi connectivity index (χ3v) is 7.63. The van der Waals surface area contributed by atoms with Gasteiger partial charge in [0.05, 0.1) is 12.2 Å². The van der Waals surface area contributed by atoms with Crippen LogP contribution in [0.2, 0.25) is 0 Å². The zero-order valence-corrected chi connectivity index (χ0v) is 18.9. The highest BCUT2D eigenvalue weighted by Gasteiger charge is 2.43. The van der Waals surface area contributed by atoms with Crippen LogP contribution in [0.4, 0.5) is 0 Å². The topological polar surface area (TPSA) is 68.7 Å². The first-order valence-electron chi connectivity index (χ1n) is 11.9. The largest absolute Gasteiger partial charge is 0.486 e. The molecule has 2 aliphatic rings. The number of hydrogen-bond donors (Lipinski definition) is 3. The molecule has 2 atom stereocenters. The minimum atomic E-state index is -0.544. The van der Waals surface area contributed by atoms with Gasteiger partial charge in [0.25, 0.3) is 0 Å². The second-order valence-electron chi connectivity index (χ2n) is 9.74. The van der Waals surface area contributed by atoms with E-state index in [1.807, 2.05) is 37.3 Å². The van der Waals surface area contributed by atoms with Crippen LogP contribution >= 0.6 is 0 Å². The molecule has 33 heavy (non-hydrogen) atoms. The number of aliphatic hydroxyl groups excluding tert-OH is 2. The fourth-order valence-corrected chi connectivity index (χ4v) is 5.87. The Bertz CT molecular complexity index is 1320. The maximum Gasteiger partial charge on any atom is 0.133 e. The number of ether oxygens (including phenoxy) is 1. The number of β-amino-alcohol motifs (C(OH)–C–C–N with tert-alkyl or cyclic N) is 1. The van der Waals surface area contributed by atoms with Crippen molar-refractivity contribution in [2.75, 3.05) is 19.6 Å². The molecule has 3 N–H and O–H groups in total. The molecule has 5 heteroatoms. The highest BCUT2D eigenvalue weighted by Crippen LogP contribution is 2.47. The zero-order chi connectivity index (χ0) is 22.6. The number of rotatable bonds is 3. The number of likely N-dealkylation sites (tertiary alicyclic amines) is 1. The molecule has 170 valence electrons. The van der Waals surface area contributed by atoms with E-state index < -0.39 is 12.2 Å². The molecular weight excluding hydrogens is 412 g/mol. The third-order valence-electron chi connectivity index (χ3n) is 7.63. The maximum atomic E-state index is 11.1. The third kappa shape index (κ3) is 3.52. The smallest absolute Gasteiger partial charge is 0.133 e. The lowest BCUT2D eigenvalue weighted by molar-refractivity contribution is -0.0576. The van der Waals surface area contributed by atoms with E-state index in [0.29, 0.717) is 13.0 Å². The molecule has 0 amide bonds. The normalized spacial score (nSPS) is 21.2. The van der Waals surface area contributed by atoms with Gasteiger partial charge >= 0.3 is 0 Å². The van der Waals surface area contributed by atoms with E-state index in [4.69, 9.17) is 4.74 Å². The highest BCUT2D eigenvalue weighted by atomic mass is 16.5. The average Bonchev–Trinajstić information content (AvgIpc) is 3.16. The number of fused-ring (bicyclic) bond motifs is 4. The van der Waals surface area contributed by atoms with Crippen molar-refractivity contribution < 1.29 is 14.9 Å². The molecule has 0 saturated carbocycles. The van der Waals surface area contributed by atoms with Gasteiger partial charge in [-0.1, -0.05) is 54.6 Å². The Morgan fingerprint density at radius 2 is 1.76 bits per heavy atom. The summed E-state index contributed by atoms with van der Waals surface area (Å²) in [5.41, 5.74) is 3.63. The molecule has 5 nitrogen and oxygen atoms in total. The lowest BCUT2D eigenvalue weighted by atomic mass is 9.81. The van der Waals surface area contributed by atoms with Crippen molar-refractivity contribution in [2.45, 2.75) is 44.0 Å². The number of nitrogens with zero attached hydrogens (tertiary/aromatic N) is 1. The first-order valence-corrected chi connectivity index (χ1v) is 11.9. The quantitative estimate of drug-likeness (QED) is 0.417. The van der Waals surface area contributed by atoms with E-state index in [9.17, 15) is 10.2 Å². The fourth-order valence-electron chi connectivity index (χ4n) is 5.87. The van der Waals surface area contributed by atoms with Crippen molar-refractivity contribution in [2.24, 2.45) is 0 Å². The molecule has 4 aromatic rings. The van der Waals surface area contributed by atoms with Crippen molar-refractivity contribution in [3.63, 3.8) is 0 Å². The predicted molar refractivity (Wildman–Crippen MR) is 131 cm³/mol. The van der Waals surface area contributed by atoms with Gasteiger partial charge in [-0.3, -0.25) is 0 Å². The molecule has 3 aromatic carbocycles. The molecule has 0 bridgehead atoms. The van der Waals surface area contributed by atoms with E-state index in [1.165, 1.54) is 0 Å². The standard InChI is InChI=1S/C28H30N2O3/c1-18-26(21-8-4-5-9-23(21)29-18)25(32)17-30-14-12-28(13-15-30)16-24(31)22-11-10-19-6-2-3-7-20(19)27(22)33-28/h2-11,24-25,29,31-32H,12-17H2,1H3/t24-,25+/m1/s1. The van der Waals surface area contributed by atoms with E-state index in [0.717, 1.165) is 70.2 Å². The molecule has 1 spiro atoms. The van der Waals surface area contributed by atoms with Gasteiger partial charge in [-0.05, 0) is 31.2 Å². The van der Waals surface area contributed by atoms with Crippen molar-refractivity contribution in [3.8, 4) is 5.75 Å². The summed E-state index contributed by atoms with van der Waals surface area (Å²) in [5, 5.41) is 25.4. The number of hydrogen-bond acceptors (Lipinski definition) is 4. The number of aromatic amines is 1. The maximum absolute atomic E-state index is 11.1. The van der Waals surface area contributed by atoms with Gasteiger partial charge in [0.2, 0.25) is 0 Å². The molecule has 0 unspecified atom stereocenters. The van der Waals surface area contributed by atoms with Crippen LogP contribution in [-0.4, -0.2) is 45.3 Å². The van der Waals surface area contributed by atoms with Crippen LogP contribution in [0.3, 0.4) is 0 Å². The summed E-state index contributed by atoms with van der Waals surface area (Å²) in [4.78, 5) is 5.72. The number of piperidine rings is 1. The summed E-state index contributed by atoms with van der Waals surface area (Å²) in [7, 11) is 0. The van der Waals surface area contributed by atoms with Crippen LogP contribution in [0.25, 0.3) is 21.7 Å². The van der Waals surface area contributed by atoms with Crippen molar-refractivity contribution in [3.05, 3.63) is 77.5 Å². The summed E-state index contributed by atoms with van der Waals surface area (Å²) >= 11 is 0. The highest BCUT2D eigenvalue weighted by molar-refractivity contribution is 5.90. The number of aryl methyl sites for hydroxylation is 1. The summed E-state index contributed by atoms with van der Waals surface area (Å²) < 4.78 is 6.69. The van der Waals surface area contributed by atoms with Gasteiger partial charge in [0, 0.05) is 59.2 Å². The summed E-state index contributed by atoms with van der Waals surface area (Å²) in [5.74, 6) is 0.842. The van der Waals surface area contributed by atoms with E-state index in [1.54, 1.807) is 0 Å². The number of aliphatic hydroxyl groups is 2. The second-order valence-corrected chi connectivity index (χ2v) is 9.74. The van der Waals surface area contributed by atoms with Crippen molar-refractivity contribution in [1.29, 1.82) is 0 Å². The van der Waals surface area contributed by atoms with Crippen LogP contribution in [0.15, 0.2) is 60.7 Å². The minimum Gasteiger partial charge on any atom is -0.486 e. The molecular formula is C28H30N2O3. The van der Waals surface area contributed by atoms with Crippen LogP contribution < -0.4 is 4.74 Å². The van der Waals surface area contributed by atoms with Crippen molar-refractivity contribution in [1.82, 2.24) is 9.88 Å². The van der Waals surface area contributed by atoms with Crippen molar-refractivity contribution >= 4 is 21.7 Å². The number of benzene rings is 3. The predicted octanol–water partition coefficient (Wildman–Crippen LogP) is 5.01. The zero-order valence-electron chi connectivity index (χ0n) is 18.9. The van der Waals surface area contributed by atoms with E-state index >= 15 is 0 Å². The van der Waals surface area contributed by atoms with E-state index in [2.05, 4.69) is 40.2 Å². The minimum absolute atomic E-state index is 0.352. The second kappa shape index (κ2) is 7.87. The lowest BCUT2D eigenvalue weighted by Gasteiger charge is -2.46. The Kier molecular flexibility index (Phi) is 4.94. The number of H-pyrrole nitrogens is 1. The molecule has 2 aliphatic heterocycles. The summed E-state index contributed by atoms with van der Waals surface area (Å²) in [6, 6.07) is 20.4. The van der Waals surface area contributed by atoms with Gasteiger partial charge < -0.3 is 24.8 Å². The molecule has 0 aliphatic carbocycles. The molecule has 1 fully saturated rings. The van der Waals surface area contributed by atoms with E-state index in [-0.39, 0.29) is 5.60 Å². The summed E-state index contributed by atoms with van der Waals surface area (Å²) in [6.45, 7) is 4.31. The summed E-state index contributed by atoms with van der Waals surface area (Å²) in [6.07, 6.45) is 1.25. The van der Waals surface area contributed by atoms with Crippen LogP contribution in [0.5, 0.6) is 5.75 Å². The number of nitrogens with one attached hydrogen (secondary N) is 1. The van der Waals surface area contributed by atoms with Gasteiger partial charge in [-0.25, -0.2) is 0 Å². The van der Waals surface area contributed by atoms with Gasteiger partial charge in [0.1, 0.15) is 11.4 Å². The van der Waals surface area contributed by atoms with Gasteiger partial charge in [-0.2, -0.15) is 0 Å². The lowest BCUT2D eigenvalue weighted by Crippen LogP contribution is -2.51. The van der Waals surface area contributed by atoms with Crippen LogP contribution in [0.1, 0.15) is 48.3 Å². The molecule has 0 radical (unpaired) electrons.